The highest BCUT2D eigenvalue weighted by molar-refractivity contribution is 5.25. The number of hydrogen-bond donors (Lipinski definition) is 1. The molecule has 1 aliphatic rings. The Hall–Kier alpha value is -1.60. The van der Waals surface area contributed by atoms with Gasteiger partial charge in [-0.2, -0.15) is 5.26 Å². The van der Waals surface area contributed by atoms with Crippen molar-refractivity contribution in [1.29, 1.82) is 5.26 Å². The molecule has 1 aliphatic carbocycles. The maximum Gasteiger partial charge on any atom is 0.218 e. The molecule has 0 aromatic carbocycles. The first-order chi connectivity index (χ1) is 9.20. The summed E-state index contributed by atoms with van der Waals surface area (Å²) in [6.07, 6.45) is 5.09. The van der Waals surface area contributed by atoms with Gasteiger partial charge in [-0.1, -0.05) is 12.5 Å². The summed E-state index contributed by atoms with van der Waals surface area (Å²) in [5.74, 6) is 0.836. The molecule has 0 bridgehead atoms. The van der Waals surface area contributed by atoms with Gasteiger partial charge in [0.05, 0.1) is 18.1 Å². The molecular formula is C15H21N3O. The quantitative estimate of drug-likeness (QED) is 0.883. The van der Waals surface area contributed by atoms with Crippen molar-refractivity contribution in [2.75, 3.05) is 0 Å². The largest absolute Gasteiger partial charge is 0.475 e. The van der Waals surface area contributed by atoms with Gasteiger partial charge in [0.2, 0.25) is 5.88 Å². The highest BCUT2D eigenvalue weighted by atomic mass is 16.5. The molecule has 0 saturated heterocycles. The van der Waals surface area contributed by atoms with Gasteiger partial charge < -0.3 is 10.1 Å². The van der Waals surface area contributed by atoms with Crippen LogP contribution in [0.2, 0.25) is 0 Å². The Labute approximate surface area is 114 Å². The zero-order valence-electron chi connectivity index (χ0n) is 11.6. The van der Waals surface area contributed by atoms with E-state index in [9.17, 15) is 0 Å². The monoisotopic (exact) mass is 259 g/mol. The van der Waals surface area contributed by atoms with Crippen LogP contribution in [0.5, 0.6) is 5.88 Å². The maximum atomic E-state index is 9.08. The number of pyridine rings is 1. The summed E-state index contributed by atoms with van der Waals surface area (Å²) in [5.41, 5.74) is 1.06. The van der Waals surface area contributed by atoms with Crippen molar-refractivity contribution in [3.05, 3.63) is 23.9 Å². The molecule has 1 aromatic heterocycles. The van der Waals surface area contributed by atoms with Crippen LogP contribution in [0.3, 0.4) is 0 Å². The van der Waals surface area contributed by atoms with Crippen molar-refractivity contribution in [1.82, 2.24) is 10.3 Å². The number of nitrogens with one attached hydrogen (secondary N) is 1. The smallest absolute Gasteiger partial charge is 0.218 e. The molecule has 1 aromatic rings. The molecule has 1 fully saturated rings. The summed E-state index contributed by atoms with van der Waals surface area (Å²) in [6.45, 7) is 4.70. The molecule has 2 unspecified atom stereocenters. The van der Waals surface area contributed by atoms with Gasteiger partial charge in [-0.05, 0) is 32.8 Å². The first-order valence-corrected chi connectivity index (χ1v) is 6.94. The van der Waals surface area contributed by atoms with Crippen LogP contribution in [0.1, 0.15) is 38.7 Å². The van der Waals surface area contributed by atoms with Crippen LogP contribution in [0.25, 0.3) is 0 Å². The Kier molecular flexibility index (Phi) is 4.75. The number of hydrogen-bond acceptors (Lipinski definition) is 4. The van der Waals surface area contributed by atoms with Crippen molar-refractivity contribution in [2.45, 2.75) is 51.8 Å². The van der Waals surface area contributed by atoms with Crippen molar-refractivity contribution in [3.8, 4) is 11.9 Å². The van der Waals surface area contributed by atoms with Gasteiger partial charge in [-0.25, -0.2) is 4.98 Å². The van der Waals surface area contributed by atoms with Gasteiger partial charge in [0.1, 0.15) is 0 Å². The van der Waals surface area contributed by atoms with Crippen LogP contribution < -0.4 is 10.1 Å². The molecule has 2 atom stereocenters. The maximum absolute atomic E-state index is 9.08. The number of nitrogens with zero attached hydrogens (tertiary/aromatic N) is 2. The fourth-order valence-corrected chi connectivity index (χ4v) is 2.49. The minimum absolute atomic E-state index is 0.118. The molecular weight excluding hydrogens is 238 g/mol. The lowest BCUT2D eigenvalue weighted by molar-refractivity contribution is 0.229. The van der Waals surface area contributed by atoms with Gasteiger partial charge in [-0.3, -0.25) is 0 Å². The van der Waals surface area contributed by atoms with Crippen LogP contribution >= 0.6 is 0 Å². The first-order valence-electron chi connectivity index (χ1n) is 6.94. The van der Waals surface area contributed by atoms with E-state index in [0.717, 1.165) is 24.8 Å². The lowest BCUT2D eigenvalue weighted by Gasteiger charge is -2.17. The molecule has 0 radical (unpaired) electrons. The number of aromatic nitrogens is 1. The molecule has 0 amide bonds. The normalized spacial score (nSPS) is 22.4. The van der Waals surface area contributed by atoms with E-state index in [0.29, 0.717) is 18.5 Å². The van der Waals surface area contributed by atoms with Crippen LogP contribution in [0.4, 0.5) is 0 Å². The third kappa shape index (κ3) is 3.68. The lowest BCUT2D eigenvalue weighted by atomic mass is 10.1. The van der Waals surface area contributed by atoms with Gasteiger partial charge in [0.15, 0.2) is 0 Å². The number of rotatable bonds is 5. The minimum Gasteiger partial charge on any atom is -0.475 e. The van der Waals surface area contributed by atoms with E-state index in [2.05, 4.69) is 16.4 Å². The predicted molar refractivity (Wildman–Crippen MR) is 73.6 cm³/mol. The van der Waals surface area contributed by atoms with Crippen LogP contribution in [0, 0.1) is 17.2 Å². The van der Waals surface area contributed by atoms with Gasteiger partial charge in [0.25, 0.3) is 0 Å². The molecule has 1 heterocycles. The summed E-state index contributed by atoms with van der Waals surface area (Å²) < 4.78 is 5.70. The van der Waals surface area contributed by atoms with Crippen molar-refractivity contribution in [3.63, 3.8) is 0 Å². The first kappa shape index (κ1) is 13.8. The standard InChI is InChI=1S/C15H21N3O/c1-11(2)19-15-13(6-4-8-17-15)10-18-14-7-3-5-12(14)9-16/h4,6,8,11-12,14,18H,3,5,7,10H2,1-2H3. The van der Waals surface area contributed by atoms with E-state index in [1.807, 2.05) is 26.0 Å². The SMILES string of the molecule is CC(C)Oc1ncccc1CNC1CCCC1C#N. The highest BCUT2D eigenvalue weighted by Gasteiger charge is 2.26. The average Bonchev–Trinajstić information content (AvgIpc) is 2.84. The fourth-order valence-electron chi connectivity index (χ4n) is 2.49. The summed E-state index contributed by atoms with van der Waals surface area (Å²) >= 11 is 0. The van der Waals surface area contributed by atoms with E-state index in [4.69, 9.17) is 10.00 Å². The molecule has 4 nitrogen and oxygen atoms in total. The molecule has 0 aliphatic heterocycles. The highest BCUT2D eigenvalue weighted by Crippen LogP contribution is 2.25. The van der Waals surface area contributed by atoms with E-state index in [-0.39, 0.29) is 12.0 Å². The van der Waals surface area contributed by atoms with Gasteiger partial charge >= 0.3 is 0 Å². The molecule has 1 saturated carbocycles. The number of ether oxygens (including phenoxy) is 1. The van der Waals surface area contributed by atoms with Crippen molar-refractivity contribution in [2.24, 2.45) is 5.92 Å². The molecule has 4 heteroatoms. The summed E-state index contributed by atoms with van der Waals surface area (Å²) in [5, 5.41) is 12.6. The van der Waals surface area contributed by atoms with Crippen LogP contribution in [-0.4, -0.2) is 17.1 Å². The Morgan fingerprint density at radius 1 is 1.53 bits per heavy atom. The van der Waals surface area contributed by atoms with Crippen LogP contribution in [-0.2, 0) is 6.54 Å². The average molecular weight is 259 g/mol. The molecule has 0 spiro atoms. The fraction of sp³-hybridized carbons (Fsp3) is 0.600. The lowest BCUT2D eigenvalue weighted by Crippen LogP contribution is -2.31. The predicted octanol–water partition coefficient (Wildman–Crippen LogP) is 2.65. The second-order valence-corrected chi connectivity index (χ2v) is 5.29. The molecule has 19 heavy (non-hydrogen) atoms. The molecule has 1 N–H and O–H groups in total. The Balaban J connectivity index is 1.97. The Morgan fingerprint density at radius 3 is 3.11 bits per heavy atom. The van der Waals surface area contributed by atoms with Crippen molar-refractivity contribution >= 4 is 0 Å². The van der Waals surface area contributed by atoms with E-state index < -0.39 is 0 Å². The summed E-state index contributed by atoms with van der Waals surface area (Å²) in [6, 6.07) is 6.63. The molecule has 2 rings (SSSR count). The van der Waals surface area contributed by atoms with Crippen LogP contribution in [0.15, 0.2) is 18.3 Å². The van der Waals surface area contributed by atoms with E-state index in [1.54, 1.807) is 6.20 Å². The molecule has 102 valence electrons. The topological polar surface area (TPSA) is 57.9 Å². The van der Waals surface area contributed by atoms with E-state index in [1.165, 1.54) is 0 Å². The zero-order chi connectivity index (χ0) is 13.7. The second kappa shape index (κ2) is 6.53. The minimum atomic E-state index is 0.118. The van der Waals surface area contributed by atoms with Gasteiger partial charge in [-0.15, -0.1) is 0 Å². The summed E-state index contributed by atoms with van der Waals surface area (Å²) in [4.78, 5) is 4.28. The second-order valence-electron chi connectivity index (χ2n) is 5.29. The number of nitriles is 1. The van der Waals surface area contributed by atoms with E-state index >= 15 is 0 Å². The van der Waals surface area contributed by atoms with Crippen molar-refractivity contribution < 1.29 is 4.74 Å². The third-order valence-electron chi connectivity index (χ3n) is 3.43. The Bertz CT molecular complexity index is 453. The zero-order valence-corrected chi connectivity index (χ0v) is 11.6. The van der Waals surface area contributed by atoms with Gasteiger partial charge in [0, 0.05) is 24.3 Å². The third-order valence-corrected chi connectivity index (χ3v) is 3.43. The summed E-state index contributed by atoms with van der Waals surface area (Å²) in [7, 11) is 0. The Morgan fingerprint density at radius 2 is 2.37 bits per heavy atom.